The topological polar surface area (TPSA) is 99.9 Å². The number of piperazine rings is 1. The molecule has 0 radical (unpaired) electrons. The van der Waals surface area contributed by atoms with Gasteiger partial charge in [-0.2, -0.15) is 0 Å². The Bertz CT molecular complexity index is 687. The number of nitrogens with one attached hydrogen (secondary N) is 1. The van der Waals surface area contributed by atoms with Crippen LogP contribution >= 0.6 is 0 Å². The van der Waals surface area contributed by atoms with E-state index >= 15 is 0 Å². The Morgan fingerprint density at radius 2 is 1.70 bits per heavy atom. The summed E-state index contributed by atoms with van der Waals surface area (Å²) in [4.78, 5) is 27.6. The molecule has 0 aliphatic carbocycles. The van der Waals surface area contributed by atoms with Crippen LogP contribution in [0.1, 0.15) is 24.4 Å². The quantitative estimate of drug-likeness (QED) is 0.837. The third-order valence-corrected chi connectivity index (χ3v) is 4.98. The van der Waals surface area contributed by atoms with Gasteiger partial charge in [0, 0.05) is 32.1 Å². The van der Waals surface area contributed by atoms with Crippen LogP contribution in [0.25, 0.3) is 0 Å². The predicted molar refractivity (Wildman–Crippen MR) is 82.3 cm³/mol. The van der Waals surface area contributed by atoms with Gasteiger partial charge >= 0.3 is 0 Å². The smallest absolute Gasteiger partial charge is 0.289 e. The van der Waals surface area contributed by atoms with Gasteiger partial charge in [-0.1, -0.05) is 13.8 Å². The fraction of sp³-hybridized carbons (Fsp3) is 0.571. The summed E-state index contributed by atoms with van der Waals surface area (Å²) in [6.07, 6.45) is 0. The van der Waals surface area contributed by atoms with Crippen molar-refractivity contribution in [3.8, 4) is 0 Å². The van der Waals surface area contributed by atoms with Gasteiger partial charge in [0.15, 0.2) is 5.76 Å². The largest absolute Gasteiger partial charge is 0.438 e. The molecule has 0 bridgehead atoms. The third-order valence-electron chi connectivity index (χ3n) is 3.70. The van der Waals surface area contributed by atoms with Crippen molar-refractivity contribution >= 4 is 21.8 Å². The van der Waals surface area contributed by atoms with E-state index in [1.807, 2.05) is 13.8 Å². The van der Waals surface area contributed by atoms with Crippen LogP contribution in [0.5, 0.6) is 0 Å². The minimum absolute atomic E-state index is 0.0255. The molecule has 1 N–H and O–H groups in total. The molecule has 0 atom stereocenters. The molecule has 1 aliphatic heterocycles. The van der Waals surface area contributed by atoms with E-state index in [2.05, 4.69) is 4.72 Å². The van der Waals surface area contributed by atoms with Crippen LogP contribution in [0.3, 0.4) is 0 Å². The van der Waals surface area contributed by atoms with Crippen molar-refractivity contribution in [2.75, 3.05) is 33.2 Å². The highest BCUT2D eigenvalue weighted by atomic mass is 32.2. The van der Waals surface area contributed by atoms with E-state index in [-0.39, 0.29) is 28.6 Å². The van der Waals surface area contributed by atoms with Gasteiger partial charge in [0.25, 0.3) is 15.9 Å². The van der Waals surface area contributed by atoms with Gasteiger partial charge in [0.1, 0.15) is 0 Å². The number of furan rings is 1. The second-order valence-electron chi connectivity index (χ2n) is 5.60. The van der Waals surface area contributed by atoms with Crippen molar-refractivity contribution in [2.45, 2.75) is 18.9 Å². The molecule has 2 heterocycles. The molecule has 2 rings (SSSR count). The lowest BCUT2D eigenvalue weighted by Gasteiger charge is -2.35. The van der Waals surface area contributed by atoms with E-state index < -0.39 is 10.0 Å². The van der Waals surface area contributed by atoms with Crippen LogP contribution in [-0.2, 0) is 14.8 Å². The highest BCUT2D eigenvalue weighted by Gasteiger charge is 2.28. The molecule has 23 heavy (non-hydrogen) atoms. The Kier molecular flexibility index (Phi) is 5.10. The van der Waals surface area contributed by atoms with E-state index in [9.17, 15) is 18.0 Å². The maximum Gasteiger partial charge on any atom is 0.289 e. The minimum Gasteiger partial charge on any atom is -0.438 e. The number of hydrogen-bond acceptors (Lipinski definition) is 5. The molecule has 0 spiro atoms. The molecule has 8 nitrogen and oxygen atoms in total. The second kappa shape index (κ2) is 6.71. The maximum absolute atomic E-state index is 12.4. The first-order valence-electron chi connectivity index (χ1n) is 7.37. The second-order valence-corrected chi connectivity index (χ2v) is 7.42. The summed E-state index contributed by atoms with van der Waals surface area (Å²) >= 11 is 0. The zero-order chi connectivity index (χ0) is 17.2. The lowest BCUT2D eigenvalue weighted by atomic mass is 10.1. The predicted octanol–water partition coefficient (Wildman–Crippen LogP) is 0.128. The van der Waals surface area contributed by atoms with Gasteiger partial charge < -0.3 is 14.2 Å². The Balaban J connectivity index is 2.02. The van der Waals surface area contributed by atoms with E-state index in [1.54, 1.807) is 9.80 Å². The monoisotopic (exact) mass is 343 g/mol. The SMILES string of the molecule is CNS(=O)(=O)c1ccc(C(=O)N2CCN(C(=O)C(C)C)CC2)o1. The molecule has 1 aliphatic rings. The molecule has 1 aromatic heterocycles. The van der Waals surface area contributed by atoms with Gasteiger partial charge in [-0.05, 0) is 19.2 Å². The molecule has 128 valence electrons. The molecule has 1 fully saturated rings. The Morgan fingerprint density at radius 1 is 1.13 bits per heavy atom. The van der Waals surface area contributed by atoms with Gasteiger partial charge in [0.2, 0.25) is 11.0 Å². The van der Waals surface area contributed by atoms with Crippen LogP contribution in [-0.4, -0.2) is 63.3 Å². The number of carbonyl (C=O) groups is 2. The first-order valence-corrected chi connectivity index (χ1v) is 8.86. The lowest BCUT2D eigenvalue weighted by Crippen LogP contribution is -2.51. The summed E-state index contributed by atoms with van der Waals surface area (Å²) < 4.78 is 30.5. The van der Waals surface area contributed by atoms with Crippen molar-refractivity contribution in [3.63, 3.8) is 0 Å². The molecule has 9 heteroatoms. The Morgan fingerprint density at radius 3 is 2.22 bits per heavy atom. The average Bonchev–Trinajstić information content (AvgIpc) is 3.04. The molecule has 1 saturated heterocycles. The maximum atomic E-state index is 12.4. The lowest BCUT2D eigenvalue weighted by molar-refractivity contribution is -0.135. The number of amides is 2. The zero-order valence-electron chi connectivity index (χ0n) is 13.4. The van der Waals surface area contributed by atoms with Crippen LogP contribution in [0, 0.1) is 5.92 Å². The van der Waals surface area contributed by atoms with E-state index in [1.165, 1.54) is 19.2 Å². The van der Waals surface area contributed by atoms with Crippen LogP contribution in [0.4, 0.5) is 0 Å². The van der Waals surface area contributed by atoms with E-state index in [0.717, 1.165) is 0 Å². The highest BCUT2D eigenvalue weighted by molar-refractivity contribution is 7.89. The van der Waals surface area contributed by atoms with Gasteiger partial charge in [-0.25, -0.2) is 13.1 Å². The molecule has 1 aromatic rings. The zero-order valence-corrected chi connectivity index (χ0v) is 14.2. The van der Waals surface area contributed by atoms with Crippen LogP contribution in [0.15, 0.2) is 21.6 Å². The molecule has 0 aromatic carbocycles. The van der Waals surface area contributed by atoms with E-state index in [0.29, 0.717) is 26.2 Å². The van der Waals surface area contributed by atoms with Crippen LogP contribution < -0.4 is 4.72 Å². The van der Waals surface area contributed by atoms with Crippen molar-refractivity contribution in [1.29, 1.82) is 0 Å². The number of carbonyl (C=O) groups excluding carboxylic acids is 2. The van der Waals surface area contributed by atoms with Gasteiger partial charge in [0.05, 0.1) is 0 Å². The van der Waals surface area contributed by atoms with Crippen molar-refractivity contribution in [3.05, 3.63) is 17.9 Å². The standard InChI is InChI=1S/C14H21N3O5S/c1-10(2)13(18)16-6-8-17(9-7-16)14(19)11-4-5-12(22-11)23(20,21)15-3/h4-5,10,15H,6-9H2,1-3H3. The molecular weight excluding hydrogens is 322 g/mol. The molecular formula is C14H21N3O5S. The van der Waals surface area contributed by atoms with Gasteiger partial charge in [-0.3, -0.25) is 9.59 Å². The summed E-state index contributed by atoms with van der Waals surface area (Å²) in [5, 5.41) is -0.294. The fourth-order valence-electron chi connectivity index (χ4n) is 2.33. The highest BCUT2D eigenvalue weighted by Crippen LogP contribution is 2.16. The Labute approximate surface area is 135 Å². The van der Waals surface area contributed by atoms with Crippen LogP contribution in [0.2, 0.25) is 0 Å². The summed E-state index contributed by atoms with van der Waals surface area (Å²) in [6, 6.07) is 2.59. The first kappa shape index (κ1) is 17.5. The number of hydrogen-bond donors (Lipinski definition) is 1. The van der Waals surface area contributed by atoms with Crippen molar-refractivity contribution in [2.24, 2.45) is 5.92 Å². The summed E-state index contributed by atoms with van der Waals surface area (Å²) in [5.41, 5.74) is 0. The van der Waals surface area contributed by atoms with Crippen molar-refractivity contribution in [1.82, 2.24) is 14.5 Å². The van der Waals surface area contributed by atoms with E-state index in [4.69, 9.17) is 4.42 Å². The number of rotatable bonds is 4. The third kappa shape index (κ3) is 3.73. The molecule has 2 amide bonds. The average molecular weight is 343 g/mol. The summed E-state index contributed by atoms with van der Waals surface area (Å²) in [6.45, 7) is 5.40. The normalized spacial score (nSPS) is 16.0. The van der Waals surface area contributed by atoms with Crippen molar-refractivity contribution < 1.29 is 22.4 Å². The molecule has 0 saturated carbocycles. The number of nitrogens with zero attached hydrogens (tertiary/aromatic N) is 2. The Hall–Kier alpha value is -1.87. The number of sulfonamides is 1. The van der Waals surface area contributed by atoms with Gasteiger partial charge in [-0.15, -0.1) is 0 Å². The fourth-order valence-corrected chi connectivity index (χ4v) is 2.98. The first-order chi connectivity index (χ1) is 10.8. The minimum atomic E-state index is -3.71. The summed E-state index contributed by atoms with van der Waals surface area (Å²) in [5.74, 6) is -0.407. The summed E-state index contributed by atoms with van der Waals surface area (Å²) in [7, 11) is -2.44. The molecule has 0 unspecified atom stereocenters.